The minimum absolute atomic E-state index is 0.248. The molecule has 0 spiro atoms. The Hall–Kier alpha value is -1.23. The number of alkyl halides is 3. The predicted molar refractivity (Wildman–Crippen MR) is 65.3 cm³/mol. The summed E-state index contributed by atoms with van der Waals surface area (Å²) in [6.07, 6.45) is -1.28. The van der Waals surface area contributed by atoms with Gasteiger partial charge in [0.1, 0.15) is 0 Å². The molecule has 2 rings (SSSR count). The molecule has 1 aromatic rings. The lowest BCUT2D eigenvalue weighted by atomic mass is 10.1. The fraction of sp³-hybridized carbons (Fsp3) is 0.538. The number of hydrogen-bond acceptors (Lipinski definition) is 2. The molecule has 1 aliphatic rings. The van der Waals surface area contributed by atoms with Crippen LogP contribution in [0, 0.1) is 5.92 Å². The molecule has 0 aromatic heterocycles. The van der Waals surface area contributed by atoms with Crippen LogP contribution in [-0.4, -0.2) is 12.6 Å². The van der Waals surface area contributed by atoms with Crippen molar-refractivity contribution in [3.8, 4) is 0 Å². The highest BCUT2D eigenvalue weighted by Gasteiger charge is 2.30. The van der Waals surface area contributed by atoms with Crippen molar-refractivity contribution in [3.63, 3.8) is 0 Å². The summed E-state index contributed by atoms with van der Waals surface area (Å²) in [6, 6.07) is 5.56. The van der Waals surface area contributed by atoms with Crippen molar-refractivity contribution in [2.45, 2.75) is 31.5 Å². The lowest BCUT2D eigenvalue weighted by Gasteiger charge is -2.14. The van der Waals surface area contributed by atoms with E-state index in [-0.39, 0.29) is 6.04 Å². The van der Waals surface area contributed by atoms with Gasteiger partial charge < -0.3 is 11.1 Å². The van der Waals surface area contributed by atoms with E-state index in [2.05, 4.69) is 5.32 Å². The van der Waals surface area contributed by atoms with E-state index in [1.165, 1.54) is 6.07 Å². The first-order chi connectivity index (χ1) is 8.45. The molecular formula is C13H17F3N2. The largest absolute Gasteiger partial charge is 0.416 e. The zero-order valence-electron chi connectivity index (χ0n) is 10.0. The van der Waals surface area contributed by atoms with Gasteiger partial charge in [-0.25, -0.2) is 0 Å². The quantitative estimate of drug-likeness (QED) is 0.873. The van der Waals surface area contributed by atoms with Gasteiger partial charge in [-0.3, -0.25) is 0 Å². The number of anilines is 1. The van der Waals surface area contributed by atoms with E-state index in [4.69, 9.17) is 5.73 Å². The Morgan fingerprint density at radius 1 is 1.28 bits per heavy atom. The zero-order valence-corrected chi connectivity index (χ0v) is 10.0. The number of nitrogens with one attached hydrogen (secondary N) is 1. The highest BCUT2D eigenvalue weighted by molar-refractivity contribution is 5.46. The van der Waals surface area contributed by atoms with Gasteiger partial charge in [-0.15, -0.1) is 0 Å². The van der Waals surface area contributed by atoms with Gasteiger partial charge in [0.25, 0.3) is 0 Å². The third kappa shape index (κ3) is 3.38. The second kappa shape index (κ2) is 5.18. The Morgan fingerprint density at radius 2 is 2.06 bits per heavy atom. The van der Waals surface area contributed by atoms with E-state index < -0.39 is 11.7 Å². The van der Waals surface area contributed by atoms with Crippen molar-refractivity contribution in [3.05, 3.63) is 29.8 Å². The smallest absolute Gasteiger partial charge is 0.385 e. The molecule has 3 N–H and O–H groups in total. The maximum absolute atomic E-state index is 12.5. The third-order valence-electron chi connectivity index (χ3n) is 3.37. The molecule has 18 heavy (non-hydrogen) atoms. The summed E-state index contributed by atoms with van der Waals surface area (Å²) in [4.78, 5) is 0. The van der Waals surface area contributed by atoms with Crippen LogP contribution in [0.4, 0.5) is 18.9 Å². The van der Waals surface area contributed by atoms with E-state index >= 15 is 0 Å². The molecule has 2 atom stereocenters. The van der Waals surface area contributed by atoms with Crippen molar-refractivity contribution in [1.29, 1.82) is 0 Å². The van der Waals surface area contributed by atoms with Gasteiger partial charge in [0.2, 0.25) is 0 Å². The van der Waals surface area contributed by atoms with E-state index in [1.807, 2.05) is 0 Å². The Morgan fingerprint density at radius 3 is 2.67 bits per heavy atom. The lowest BCUT2D eigenvalue weighted by Crippen LogP contribution is -2.17. The molecule has 2 nitrogen and oxygen atoms in total. The number of benzene rings is 1. The molecule has 1 aromatic carbocycles. The fourth-order valence-corrected chi connectivity index (χ4v) is 2.37. The minimum Gasteiger partial charge on any atom is -0.385 e. The van der Waals surface area contributed by atoms with E-state index in [0.717, 1.165) is 31.4 Å². The molecule has 5 heteroatoms. The van der Waals surface area contributed by atoms with E-state index in [9.17, 15) is 13.2 Å². The first-order valence-electron chi connectivity index (χ1n) is 6.12. The summed E-state index contributed by atoms with van der Waals surface area (Å²) in [7, 11) is 0. The van der Waals surface area contributed by atoms with Crippen LogP contribution in [0.25, 0.3) is 0 Å². The molecule has 0 radical (unpaired) electrons. The van der Waals surface area contributed by atoms with Crippen LogP contribution in [0.1, 0.15) is 24.8 Å². The molecular weight excluding hydrogens is 241 g/mol. The van der Waals surface area contributed by atoms with Crippen molar-refractivity contribution in [2.75, 3.05) is 11.9 Å². The first kappa shape index (κ1) is 13.2. The Balaban J connectivity index is 1.93. The lowest BCUT2D eigenvalue weighted by molar-refractivity contribution is -0.137. The Labute approximate surface area is 104 Å². The average molecular weight is 258 g/mol. The molecule has 1 aliphatic carbocycles. The highest BCUT2D eigenvalue weighted by atomic mass is 19.4. The second-order valence-electron chi connectivity index (χ2n) is 4.90. The molecule has 0 saturated heterocycles. The number of rotatable bonds is 3. The van der Waals surface area contributed by atoms with E-state index in [0.29, 0.717) is 18.2 Å². The summed E-state index contributed by atoms with van der Waals surface area (Å²) in [5.74, 6) is 0.467. The standard InChI is InChI=1S/C13H17F3N2/c14-13(15,16)10-2-1-3-12(7-10)18-8-9-4-5-11(17)6-9/h1-3,7,9,11,18H,4-6,8,17H2. The molecule has 1 fully saturated rings. The highest BCUT2D eigenvalue weighted by Crippen LogP contribution is 2.31. The summed E-state index contributed by atoms with van der Waals surface area (Å²) >= 11 is 0. The van der Waals surface area contributed by atoms with Crippen LogP contribution in [0.15, 0.2) is 24.3 Å². The van der Waals surface area contributed by atoms with Crippen molar-refractivity contribution < 1.29 is 13.2 Å². The third-order valence-corrected chi connectivity index (χ3v) is 3.37. The molecule has 0 bridgehead atoms. The Kier molecular flexibility index (Phi) is 3.80. The van der Waals surface area contributed by atoms with Gasteiger partial charge in [-0.05, 0) is 43.4 Å². The topological polar surface area (TPSA) is 38.0 Å². The van der Waals surface area contributed by atoms with Gasteiger partial charge >= 0.3 is 6.18 Å². The summed E-state index contributed by atoms with van der Waals surface area (Å²) in [6.45, 7) is 0.689. The van der Waals surface area contributed by atoms with Gasteiger partial charge in [0.05, 0.1) is 5.56 Å². The van der Waals surface area contributed by atoms with Gasteiger partial charge in [-0.1, -0.05) is 6.07 Å². The van der Waals surface area contributed by atoms with E-state index in [1.54, 1.807) is 6.07 Å². The molecule has 0 aliphatic heterocycles. The SMILES string of the molecule is NC1CCC(CNc2cccc(C(F)(F)F)c2)C1. The molecule has 0 amide bonds. The van der Waals surface area contributed by atoms with Crippen LogP contribution < -0.4 is 11.1 Å². The molecule has 1 saturated carbocycles. The minimum atomic E-state index is -4.28. The molecule has 0 heterocycles. The van der Waals surface area contributed by atoms with Gasteiger partial charge in [0.15, 0.2) is 0 Å². The summed E-state index contributed by atoms with van der Waals surface area (Å²) in [5.41, 5.74) is 5.70. The predicted octanol–water partition coefficient (Wildman–Crippen LogP) is 3.24. The van der Waals surface area contributed by atoms with Crippen LogP contribution >= 0.6 is 0 Å². The summed E-state index contributed by atoms with van der Waals surface area (Å²) in [5, 5.41) is 3.06. The zero-order chi connectivity index (χ0) is 13.2. The van der Waals surface area contributed by atoms with Crippen molar-refractivity contribution in [2.24, 2.45) is 11.7 Å². The summed E-state index contributed by atoms with van der Waals surface area (Å²) < 4.78 is 37.5. The van der Waals surface area contributed by atoms with Crippen LogP contribution in [0.5, 0.6) is 0 Å². The molecule has 2 unspecified atom stereocenters. The van der Waals surface area contributed by atoms with Crippen LogP contribution in [0.2, 0.25) is 0 Å². The van der Waals surface area contributed by atoms with Crippen molar-refractivity contribution >= 4 is 5.69 Å². The first-order valence-corrected chi connectivity index (χ1v) is 6.12. The van der Waals surface area contributed by atoms with Crippen LogP contribution in [0.3, 0.4) is 0 Å². The number of nitrogens with two attached hydrogens (primary N) is 1. The maximum Gasteiger partial charge on any atom is 0.416 e. The number of hydrogen-bond donors (Lipinski definition) is 2. The van der Waals surface area contributed by atoms with Crippen molar-refractivity contribution in [1.82, 2.24) is 0 Å². The Bertz CT molecular complexity index is 403. The fourth-order valence-electron chi connectivity index (χ4n) is 2.37. The number of halogens is 3. The second-order valence-corrected chi connectivity index (χ2v) is 4.90. The van der Waals surface area contributed by atoms with Gasteiger partial charge in [0, 0.05) is 18.3 Å². The average Bonchev–Trinajstić information content (AvgIpc) is 2.72. The van der Waals surface area contributed by atoms with Gasteiger partial charge in [-0.2, -0.15) is 13.2 Å². The van der Waals surface area contributed by atoms with Crippen LogP contribution in [-0.2, 0) is 6.18 Å². The normalized spacial score (nSPS) is 24.2. The monoisotopic (exact) mass is 258 g/mol. The molecule has 100 valence electrons. The maximum atomic E-state index is 12.5.